The lowest BCUT2D eigenvalue weighted by Crippen LogP contribution is -2.51. The fourth-order valence-electron chi connectivity index (χ4n) is 5.06. The van der Waals surface area contributed by atoms with Crippen LogP contribution in [0.3, 0.4) is 0 Å². The zero-order valence-corrected chi connectivity index (χ0v) is 17.3. The van der Waals surface area contributed by atoms with Gasteiger partial charge in [-0.2, -0.15) is 0 Å². The van der Waals surface area contributed by atoms with Gasteiger partial charge in [0.1, 0.15) is 5.82 Å². The van der Waals surface area contributed by atoms with Crippen molar-refractivity contribution in [2.24, 2.45) is 0 Å². The molecule has 0 unspecified atom stereocenters. The van der Waals surface area contributed by atoms with Crippen LogP contribution in [0.25, 0.3) is 10.9 Å². The van der Waals surface area contributed by atoms with Crippen LogP contribution < -0.4 is 0 Å². The van der Waals surface area contributed by atoms with Crippen molar-refractivity contribution in [3.05, 3.63) is 71.7 Å². The van der Waals surface area contributed by atoms with Gasteiger partial charge in [0.05, 0.1) is 0 Å². The van der Waals surface area contributed by atoms with E-state index in [4.69, 9.17) is 0 Å². The standard InChI is InChI=1S/C25H28FN3O/c26-20-10-8-19(9-11-20)18-29-13-12-22-23(6-3-7-24(22)29)25(30)28-16-14-27(15-17-28)21-4-1-2-5-21/h3,6-13,21H,1-2,4-5,14-18H2. The highest BCUT2D eigenvalue weighted by Gasteiger charge is 2.28. The largest absolute Gasteiger partial charge is 0.343 e. The minimum Gasteiger partial charge on any atom is -0.343 e. The van der Waals surface area contributed by atoms with Gasteiger partial charge in [0.15, 0.2) is 0 Å². The monoisotopic (exact) mass is 405 g/mol. The topological polar surface area (TPSA) is 28.5 Å². The third-order valence-corrected chi connectivity index (χ3v) is 6.75. The van der Waals surface area contributed by atoms with Crippen LogP contribution in [0.4, 0.5) is 4.39 Å². The molecule has 2 aromatic carbocycles. The number of halogens is 1. The molecule has 2 heterocycles. The Kier molecular flexibility index (Phi) is 5.30. The summed E-state index contributed by atoms with van der Waals surface area (Å²) in [4.78, 5) is 17.9. The number of hydrogen-bond acceptors (Lipinski definition) is 2. The molecule has 0 N–H and O–H groups in total. The third kappa shape index (κ3) is 3.74. The molecule has 1 saturated heterocycles. The lowest BCUT2D eigenvalue weighted by molar-refractivity contribution is 0.0575. The van der Waals surface area contributed by atoms with E-state index in [-0.39, 0.29) is 11.7 Å². The molecule has 156 valence electrons. The van der Waals surface area contributed by atoms with Gasteiger partial charge in [0.25, 0.3) is 5.91 Å². The van der Waals surface area contributed by atoms with E-state index >= 15 is 0 Å². The van der Waals surface area contributed by atoms with Crippen molar-refractivity contribution < 1.29 is 9.18 Å². The number of aromatic nitrogens is 1. The molecule has 2 fully saturated rings. The van der Waals surface area contributed by atoms with E-state index in [0.717, 1.165) is 54.3 Å². The quantitative estimate of drug-likeness (QED) is 0.638. The van der Waals surface area contributed by atoms with E-state index in [1.807, 2.05) is 35.4 Å². The molecule has 2 aliphatic rings. The number of carbonyl (C=O) groups excluding carboxylic acids is 1. The number of nitrogens with zero attached hydrogens (tertiary/aromatic N) is 3. The highest BCUT2D eigenvalue weighted by Crippen LogP contribution is 2.26. The van der Waals surface area contributed by atoms with Crippen LogP contribution in [0.1, 0.15) is 41.6 Å². The van der Waals surface area contributed by atoms with Gasteiger partial charge >= 0.3 is 0 Å². The van der Waals surface area contributed by atoms with Crippen LogP contribution in [-0.2, 0) is 6.54 Å². The fraction of sp³-hybridized carbons (Fsp3) is 0.400. The van der Waals surface area contributed by atoms with Gasteiger partial charge in [-0.15, -0.1) is 0 Å². The Morgan fingerprint density at radius 1 is 0.933 bits per heavy atom. The van der Waals surface area contributed by atoms with Gasteiger partial charge in [-0.25, -0.2) is 4.39 Å². The van der Waals surface area contributed by atoms with Crippen molar-refractivity contribution in [1.29, 1.82) is 0 Å². The van der Waals surface area contributed by atoms with Crippen LogP contribution in [0, 0.1) is 5.82 Å². The molecule has 1 aliphatic heterocycles. The zero-order chi connectivity index (χ0) is 20.5. The average Bonchev–Trinajstić information content (AvgIpc) is 3.46. The van der Waals surface area contributed by atoms with Crippen molar-refractivity contribution in [1.82, 2.24) is 14.4 Å². The van der Waals surface area contributed by atoms with Crippen molar-refractivity contribution in [3.63, 3.8) is 0 Å². The first-order valence-electron chi connectivity index (χ1n) is 11.0. The first kappa shape index (κ1) is 19.3. The lowest BCUT2D eigenvalue weighted by atomic mass is 10.1. The van der Waals surface area contributed by atoms with Gasteiger partial charge in [0.2, 0.25) is 0 Å². The van der Waals surface area contributed by atoms with Crippen molar-refractivity contribution in [2.75, 3.05) is 26.2 Å². The van der Waals surface area contributed by atoms with Crippen LogP contribution in [0.5, 0.6) is 0 Å². The Hall–Kier alpha value is -2.66. The second-order valence-electron chi connectivity index (χ2n) is 8.57. The molecule has 30 heavy (non-hydrogen) atoms. The van der Waals surface area contributed by atoms with Crippen molar-refractivity contribution in [3.8, 4) is 0 Å². The van der Waals surface area contributed by atoms with Crippen LogP contribution in [0.2, 0.25) is 0 Å². The summed E-state index contributed by atoms with van der Waals surface area (Å²) in [6.07, 6.45) is 7.34. The number of carbonyl (C=O) groups is 1. The maximum Gasteiger partial charge on any atom is 0.254 e. The normalized spacial score (nSPS) is 18.4. The van der Waals surface area contributed by atoms with E-state index in [1.165, 1.54) is 37.8 Å². The second kappa shape index (κ2) is 8.23. The first-order valence-corrected chi connectivity index (χ1v) is 11.0. The summed E-state index contributed by atoms with van der Waals surface area (Å²) in [5, 5.41) is 0.989. The maximum atomic E-state index is 13.3. The number of rotatable bonds is 4. The summed E-state index contributed by atoms with van der Waals surface area (Å²) in [5.74, 6) is -0.0942. The molecule has 0 atom stereocenters. The molecule has 0 radical (unpaired) electrons. The molecule has 1 aromatic heterocycles. The van der Waals surface area contributed by atoms with Crippen LogP contribution in [0.15, 0.2) is 54.7 Å². The summed E-state index contributed by atoms with van der Waals surface area (Å²) < 4.78 is 15.3. The Bertz CT molecular complexity index is 1030. The SMILES string of the molecule is O=C(c1cccc2c1ccn2Cc1ccc(F)cc1)N1CCN(C2CCCC2)CC1. The molecule has 3 aromatic rings. The molecule has 1 aliphatic carbocycles. The Morgan fingerprint density at radius 2 is 1.67 bits per heavy atom. The first-order chi connectivity index (χ1) is 14.7. The number of fused-ring (bicyclic) bond motifs is 1. The van der Waals surface area contributed by atoms with E-state index in [2.05, 4.69) is 9.47 Å². The molecule has 1 amide bonds. The van der Waals surface area contributed by atoms with E-state index in [0.29, 0.717) is 6.54 Å². The van der Waals surface area contributed by atoms with Gasteiger partial charge in [-0.3, -0.25) is 9.69 Å². The summed E-state index contributed by atoms with van der Waals surface area (Å²) in [6, 6.07) is 15.3. The average molecular weight is 406 g/mol. The molecular weight excluding hydrogens is 377 g/mol. The van der Waals surface area contributed by atoms with Gasteiger partial charge in [-0.1, -0.05) is 31.0 Å². The molecule has 4 nitrogen and oxygen atoms in total. The predicted molar refractivity (Wildman–Crippen MR) is 117 cm³/mol. The highest BCUT2D eigenvalue weighted by atomic mass is 19.1. The van der Waals surface area contributed by atoms with E-state index in [1.54, 1.807) is 12.1 Å². The van der Waals surface area contributed by atoms with E-state index in [9.17, 15) is 9.18 Å². The lowest BCUT2D eigenvalue weighted by Gasteiger charge is -2.38. The van der Waals surface area contributed by atoms with Gasteiger partial charge in [0, 0.05) is 61.4 Å². The summed E-state index contributed by atoms with van der Waals surface area (Å²) >= 11 is 0. The molecule has 1 saturated carbocycles. The minimum absolute atomic E-state index is 0.131. The fourth-order valence-corrected chi connectivity index (χ4v) is 5.06. The molecule has 5 rings (SSSR count). The van der Waals surface area contributed by atoms with Gasteiger partial charge in [-0.05, 0) is 48.7 Å². The highest BCUT2D eigenvalue weighted by molar-refractivity contribution is 6.06. The predicted octanol–water partition coefficient (Wildman–Crippen LogP) is 4.53. The number of piperazine rings is 1. The second-order valence-corrected chi connectivity index (χ2v) is 8.57. The number of hydrogen-bond donors (Lipinski definition) is 0. The Labute approximate surface area is 176 Å². The molecule has 0 spiro atoms. The summed E-state index contributed by atoms with van der Waals surface area (Å²) in [6.45, 7) is 4.24. The molecule has 5 heteroatoms. The van der Waals surface area contributed by atoms with Crippen molar-refractivity contribution in [2.45, 2.75) is 38.3 Å². The number of benzene rings is 2. The Balaban J connectivity index is 1.32. The Morgan fingerprint density at radius 3 is 2.40 bits per heavy atom. The van der Waals surface area contributed by atoms with Crippen LogP contribution >= 0.6 is 0 Å². The minimum atomic E-state index is -0.225. The molecule has 0 bridgehead atoms. The zero-order valence-electron chi connectivity index (χ0n) is 17.3. The molecular formula is C25H28FN3O. The van der Waals surface area contributed by atoms with E-state index < -0.39 is 0 Å². The van der Waals surface area contributed by atoms with Crippen molar-refractivity contribution >= 4 is 16.8 Å². The number of amides is 1. The summed E-state index contributed by atoms with van der Waals surface area (Å²) in [7, 11) is 0. The van der Waals surface area contributed by atoms with Crippen LogP contribution in [-0.4, -0.2) is 52.5 Å². The summed E-state index contributed by atoms with van der Waals surface area (Å²) in [5.41, 5.74) is 2.85. The smallest absolute Gasteiger partial charge is 0.254 e. The van der Waals surface area contributed by atoms with Gasteiger partial charge < -0.3 is 9.47 Å². The maximum absolute atomic E-state index is 13.3. The third-order valence-electron chi connectivity index (χ3n) is 6.75.